The van der Waals surface area contributed by atoms with Crippen molar-refractivity contribution in [3.63, 3.8) is 0 Å². The van der Waals surface area contributed by atoms with E-state index in [1.54, 1.807) is 7.11 Å². The summed E-state index contributed by atoms with van der Waals surface area (Å²) in [5.74, 6) is -0.721. The van der Waals surface area contributed by atoms with Crippen molar-refractivity contribution >= 4 is 5.97 Å². The molecule has 144 valence electrons. The molecule has 5 nitrogen and oxygen atoms in total. The first-order chi connectivity index (χ1) is 11.6. The Hall–Kier alpha value is -0.650. The summed E-state index contributed by atoms with van der Waals surface area (Å²) < 4.78 is 5.43. The number of unbranched alkanes of at least 4 members (excludes halogenated alkanes) is 9. The lowest BCUT2D eigenvalue weighted by atomic mass is 9.99. The predicted octanol–water partition coefficient (Wildman–Crippen LogP) is 3.90. The summed E-state index contributed by atoms with van der Waals surface area (Å²) in [5.41, 5.74) is 0. The normalized spacial score (nSPS) is 13.8. The van der Waals surface area contributed by atoms with Crippen molar-refractivity contribution in [2.75, 3.05) is 13.7 Å². The second kappa shape index (κ2) is 17.2. The number of carboxylic acids is 1. The van der Waals surface area contributed by atoms with E-state index in [0.29, 0.717) is 0 Å². The van der Waals surface area contributed by atoms with Gasteiger partial charge in [0.25, 0.3) is 0 Å². The summed E-state index contributed by atoms with van der Waals surface area (Å²) in [6.07, 6.45) is 12.8. The molecule has 0 fully saturated rings. The predicted molar refractivity (Wildman–Crippen MR) is 96.2 cm³/mol. The average molecular weight is 347 g/mol. The van der Waals surface area contributed by atoms with Crippen LogP contribution < -0.4 is 0 Å². The topological polar surface area (TPSA) is 87.0 Å². The Morgan fingerprint density at radius 1 is 0.833 bits per heavy atom. The van der Waals surface area contributed by atoms with Crippen LogP contribution in [0.25, 0.3) is 0 Å². The fraction of sp³-hybridized carbons (Fsp3) is 0.947. The van der Waals surface area contributed by atoms with Gasteiger partial charge in [0.15, 0.2) is 0 Å². The van der Waals surface area contributed by atoms with Crippen LogP contribution in [-0.4, -0.2) is 47.2 Å². The first-order valence-electron chi connectivity index (χ1n) is 9.65. The summed E-state index contributed by atoms with van der Waals surface area (Å²) in [7, 11) is 1.67. The standard InChI is InChI=1S/C19H38O5/c1-24-18(14-10-6-2-3-8-12-16-20)17(21)13-9-5-4-7-11-15-19(22)23/h17-18,20-21H,2-16H2,1H3,(H,22,23). The Morgan fingerprint density at radius 2 is 1.33 bits per heavy atom. The molecule has 0 rings (SSSR count). The van der Waals surface area contributed by atoms with Gasteiger partial charge in [0, 0.05) is 20.1 Å². The molecule has 0 aromatic heterocycles. The molecule has 2 atom stereocenters. The van der Waals surface area contributed by atoms with Crippen LogP contribution in [0.3, 0.4) is 0 Å². The summed E-state index contributed by atoms with van der Waals surface area (Å²) in [5, 5.41) is 27.5. The molecule has 0 heterocycles. The number of hydrogen-bond donors (Lipinski definition) is 3. The lowest BCUT2D eigenvalue weighted by Crippen LogP contribution is -2.27. The first kappa shape index (κ1) is 23.4. The van der Waals surface area contributed by atoms with Crippen LogP contribution in [0.1, 0.15) is 89.9 Å². The van der Waals surface area contributed by atoms with Crippen LogP contribution in [0, 0.1) is 0 Å². The molecular formula is C19H38O5. The molecule has 0 aliphatic carbocycles. The number of rotatable bonds is 18. The number of carbonyl (C=O) groups is 1. The maximum atomic E-state index is 10.4. The molecule has 0 spiro atoms. The number of aliphatic carboxylic acids is 1. The first-order valence-corrected chi connectivity index (χ1v) is 9.65. The third kappa shape index (κ3) is 14.9. The van der Waals surface area contributed by atoms with E-state index in [1.807, 2.05) is 0 Å². The highest BCUT2D eigenvalue weighted by Crippen LogP contribution is 2.17. The smallest absolute Gasteiger partial charge is 0.303 e. The Morgan fingerprint density at radius 3 is 1.88 bits per heavy atom. The third-order valence-electron chi connectivity index (χ3n) is 4.52. The minimum Gasteiger partial charge on any atom is -0.481 e. The number of ether oxygens (including phenoxy) is 1. The molecule has 0 saturated heterocycles. The highest BCUT2D eigenvalue weighted by atomic mass is 16.5. The molecule has 24 heavy (non-hydrogen) atoms. The van der Waals surface area contributed by atoms with E-state index < -0.39 is 12.1 Å². The van der Waals surface area contributed by atoms with Crippen molar-refractivity contribution in [2.24, 2.45) is 0 Å². The fourth-order valence-electron chi connectivity index (χ4n) is 2.98. The fourth-order valence-corrected chi connectivity index (χ4v) is 2.98. The summed E-state index contributed by atoms with van der Waals surface area (Å²) in [4.78, 5) is 10.4. The zero-order chi connectivity index (χ0) is 18.0. The van der Waals surface area contributed by atoms with E-state index in [-0.39, 0.29) is 19.1 Å². The number of methoxy groups -OCH3 is 1. The van der Waals surface area contributed by atoms with Crippen molar-refractivity contribution in [2.45, 2.75) is 102 Å². The van der Waals surface area contributed by atoms with E-state index >= 15 is 0 Å². The largest absolute Gasteiger partial charge is 0.481 e. The maximum absolute atomic E-state index is 10.4. The SMILES string of the molecule is COC(CCCCCCCCO)C(O)CCCCCCCC(=O)O. The second-order valence-electron chi connectivity index (χ2n) is 6.68. The Kier molecular flexibility index (Phi) is 16.7. The molecule has 0 bridgehead atoms. The molecular weight excluding hydrogens is 308 g/mol. The van der Waals surface area contributed by atoms with Crippen molar-refractivity contribution < 1.29 is 24.9 Å². The molecule has 0 radical (unpaired) electrons. The van der Waals surface area contributed by atoms with Crippen LogP contribution in [0.4, 0.5) is 0 Å². The quantitative estimate of drug-likeness (QED) is 0.328. The maximum Gasteiger partial charge on any atom is 0.303 e. The molecule has 5 heteroatoms. The molecule has 0 aliphatic heterocycles. The van der Waals surface area contributed by atoms with E-state index in [9.17, 15) is 9.90 Å². The average Bonchev–Trinajstić information content (AvgIpc) is 2.56. The minimum absolute atomic E-state index is 0.0746. The molecule has 0 aliphatic rings. The van der Waals surface area contributed by atoms with Crippen molar-refractivity contribution in [3.8, 4) is 0 Å². The van der Waals surface area contributed by atoms with Crippen LogP contribution in [0.5, 0.6) is 0 Å². The highest BCUT2D eigenvalue weighted by molar-refractivity contribution is 5.66. The van der Waals surface area contributed by atoms with Crippen molar-refractivity contribution in [1.82, 2.24) is 0 Å². The monoisotopic (exact) mass is 346 g/mol. The molecule has 0 aromatic rings. The van der Waals surface area contributed by atoms with Gasteiger partial charge in [0.2, 0.25) is 0 Å². The second-order valence-corrected chi connectivity index (χ2v) is 6.68. The van der Waals surface area contributed by atoms with Crippen LogP contribution in [-0.2, 0) is 9.53 Å². The van der Waals surface area contributed by atoms with Crippen molar-refractivity contribution in [1.29, 1.82) is 0 Å². The van der Waals surface area contributed by atoms with Gasteiger partial charge >= 0.3 is 5.97 Å². The summed E-state index contributed by atoms with van der Waals surface area (Å²) >= 11 is 0. The van der Waals surface area contributed by atoms with E-state index in [2.05, 4.69) is 0 Å². The van der Waals surface area contributed by atoms with Crippen LogP contribution in [0.15, 0.2) is 0 Å². The van der Waals surface area contributed by atoms with Gasteiger partial charge < -0.3 is 20.1 Å². The van der Waals surface area contributed by atoms with E-state index in [4.69, 9.17) is 14.9 Å². The Labute approximate surface area is 147 Å². The molecule has 3 N–H and O–H groups in total. The lowest BCUT2D eigenvalue weighted by Gasteiger charge is -2.21. The summed E-state index contributed by atoms with van der Waals surface area (Å²) in [6.45, 7) is 0.289. The van der Waals surface area contributed by atoms with Gasteiger partial charge in [-0.1, -0.05) is 57.8 Å². The van der Waals surface area contributed by atoms with Gasteiger partial charge in [0.05, 0.1) is 12.2 Å². The van der Waals surface area contributed by atoms with Gasteiger partial charge in [-0.3, -0.25) is 4.79 Å². The molecule has 0 aromatic carbocycles. The lowest BCUT2D eigenvalue weighted by molar-refractivity contribution is -0.137. The van der Waals surface area contributed by atoms with Crippen LogP contribution in [0.2, 0.25) is 0 Å². The molecule has 0 saturated carbocycles. The molecule has 0 amide bonds. The van der Waals surface area contributed by atoms with Gasteiger partial charge in [-0.2, -0.15) is 0 Å². The number of aliphatic hydroxyl groups is 2. The molecule has 2 unspecified atom stereocenters. The van der Waals surface area contributed by atoms with E-state index in [1.165, 1.54) is 12.8 Å². The summed E-state index contributed by atoms with van der Waals surface area (Å²) in [6, 6.07) is 0. The Bertz CT molecular complexity index is 283. The third-order valence-corrected chi connectivity index (χ3v) is 4.52. The number of hydrogen-bond acceptors (Lipinski definition) is 4. The number of aliphatic hydroxyl groups excluding tert-OH is 2. The highest BCUT2D eigenvalue weighted by Gasteiger charge is 2.17. The van der Waals surface area contributed by atoms with Gasteiger partial charge in [-0.25, -0.2) is 0 Å². The van der Waals surface area contributed by atoms with Crippen LogP contribution >= 0.6 is 0 Å². The van der Waals surface area contributed by atoms with Gasteiger partial charge in [-0.15, -0.1) is 0 Å². The zero-order valence-corrected chi connectivity index (χ0v) is 15.4. The number of carboxylic acid groups (broad SMARTS) is 1. The van der Waals surface area contributed by atoms with Gasteiger partial charge in [0.1, 0.15) is 0 Å². The zero-order valence-electron chi connectivity index (χ0n) is 15.4. The van der Waals surface area contributed by atoms with E-state index in [0.717, 1.165) is 70.6 Å². The van der Waals surface area contributed by atoms with Crippen molar-refractivity contribution in [3.05, 3.63) is 0 Å². The minimum atomic E-state index is -0.721. The Balaban J connectivity index is 3.55. The van der Waals surface area contributed by atoms with Gasteiger partial charge in [-0.05, 0) is 25.7 Å².